The molecule has 0 spiro atoms. The first-order valence-electron chi connectivity index (χ1n) is 6.68. The molecule has 0 aromatic carbocycles. The maximum atomic E-state index is 13.0. The summed E-state index contributed by atoms with van der Waals surface area (Å²) >= 11 is 0.785. The van der Waals surface area contributed by atoms with Crippen LogP contribution in [-0.4, -0.2) is 45.7 Å². The highest BCUT2D eigenvalue weighted by Gasteiger charge is 2.50. The molecule has 0 aliphatic carbocycles. The van der Waals surface area contributed by atoms with E-state index in [0.29, 0.717) is 4.88 Å². The lowest BCUT2D eigenvalue weighted by Gasteiger charge is -2.45. The number of carbonyl (C=O) groups excluding carboxylic acids is 1. The number of piperidine rings is 1. The smallest absolute Gasteiger partial charge is 0.312 e. The predicted octanol–water partition coefficient (Wildman–Crippen LogP) is 1.97. The van der Waals surface area contributed by atoms with Gasteiger partial charge < -0.3 is 15.1 Å². The average molecular weight is 315 g/mol. The molecule has 2 rings (SSSR count). The van der Waals surface area contributed by atoms with Gasteiger partial charge in [-0.05, 0) is 38.8 Å². The van der Waals surface area contributed by atoms with Gasteiger partial charge in [0.2, 0.25) is 0 Å². The van der Waals surface area contributed by atoms with Crippen molar-refractivity contribution in [2.24, 2.45) is 5.41 Å². The van der Waals surface area contributed by atoms with Crippen molar-refractivity contribution in [3.63, 3.8) is 0 Å². The summed E-state index contributed by atoms with van der Waals surface area (Å²) in [6, 6.07) is 2.68. The fourth-order valence-corrected chi connectivity index (χ4v) is 3.19. The van der Waals surface area contributed by atoms with Gasteiger partial charge in [-0.15, -0.1) is 11.3 Å². The van der Waals surface area contributed by atoms with Crippen molar-refractivity contribution in [2.75, 3.05) is 13.1 Å². The van der Waals surface area contributed by atoms with E-state index >= 15 is 0 Å². The molecule has 1 fully saturated rings. The van der Waals surface area contributed by atoms with Crippen molar-refractivity contribution in [3.8, 4) is 0 Å². The molecule has 0 atom stereocenters. The maximum Gasteiger partial charge on any atom is 0.312 e. The van der Waals surface area contributed by atoms with Crippen molar-refractivity contribution in [1.29, 1.82) is 0 Å². The Morgan fingerprint density at radius 3 is 2.33 bits per heavy atom. The van der Waals surface area contributed by atoms with Crippen LogP contribution in [0.5, 0.6) is 0 Å². The van der Waals surface area contributed by atoms with Crippen molar-refractivity contribution < 1.29 is 24.2 Å². The minimum Gasteiger partial charge on any atom is -0.481 e. The summed E-state index contributed by atoms with van der Waals surface area (Å²) in [6.45, 7) is 3.49. The molecule has 1 saturated heterocycles. The molecular weight excluding hydrogens is 297 g/mol. The van der Waals surface area contributed by atoms with Gasteiger partial charge in [-0.3, -0.25) is 9.59 Å². The molecule has 21 heavy (non-hydrogen) atoms. The molecule has 1 aromatic rings. The number of halogens is 1. The van der Waals surface area contributed by atoms with Crippen LogP contribution in [0.1, 0.15) is 36.4 Å². The van der Waals surface area contributed by atoms with E-state index in [1.54, 1.807) is 0 Å². The van der Waals surface area contributed by atoms with Gasteiger partial charge in [-0.2, -0.15) is 4.39 Å². The fraction of sp³-hybridized carbons (Fsp3) is 0.571. The normalized spacial score (nSPS) is 18.6. The van der Waals surface area contributed by atoms with Gasteiger partial charge in [0.05, 0.1) is 15.9 Å². The molecular formula is C14H18FNO4S. The molecule has 1 aliphatic rings. The maximum absolute atomic E-state index is 13.0. The van der Waals surface area contributed by atoms with Crippen molar-refractivity contribution in [3.05, 3.63) is 22.1 Å². The highest BCUT2D eigenvalue weighted by atomic mass is 32.1. The number of hydrogen-bond acceptors (Lipinski definition) is 4. The van der Waals surface area contributed by atoms with E-state index in [-0.39, 0.29) is 31.8 Å². The molecule has 1 aromatic heterocycles. The van der Waals surface area contributed by atoms with Crippen LogP contribution in [0.25, 0.3) is 0 Å². The molecule has 1 aliphatic heterocycles. The van der Waals surface area contributed by atoms with Gasteiger partial charge in [0, 0.05) is 13.1 Å². The zero-order valence-corrected chi connectivity index (χ0v) is 12.7. The zero-order valence-electron chi connectivity index (χ0n) is 11.9. The first-order valence-corrected chi connectivity index (χ1v) is 7.49. The molecule has 0 saturated carbocycles. The lowest BCUT2D eigenvalue weighted by atomic mass is 9.69. The summed E-state index contributed by atoms with van der Waals surface area (Å²) in [5, 5.41) is 19.4. The molecule has 0 bridgehead atoms. The second-order valence-electron chi connectivity index (χ2n) is 5.86. The number of aliphatic carboxylic acids is 1. The lowest BCUT2D eigenvalue weighted by molar-refractivity contribution is -0.170. The summed E-state index contributed by atoms with van der Waals surface area (Å²) in [6.07, 6.45) is 0.373. The van der Waals surface area contributed by atoms with Crippen LogP contribution in [-0.2, 0) is 4.79 Å². The first-order chi connectivity index (χ1) is 9.67. The Bertz CT molecular complexity index is 561. The van der Waals surface area contributed by atoms with Crippen LogP contribution in [0, 0.1) is 10.5 Å². The third-order valence-corrected chi connectivity index (χ3v) is 5.22. The number of rotatable bonds is 3. The van der Waals surface area contributed by atoms with Gasteiger partial charge in [-0.1, -0.05) is 0 Å². The van der Waals surface area contributed by atoms with Crippen LogP contribution in [0.3, 0.4) is 0 Å². The Hall–Kier alpha value is -1.47. The van der Waals surface area contributed by atoms with Crippen molar-refractivity contribution in [2.45, 2.75) is 32.3 Å². The Morgan fingerprint density at radius 2 is 1.90 bits per heavy atom. The lowest BCUT2D eigenvalue weighted by Crippen LogP contribution is -2.56. The molecule has 116 valence electrons. The predicted molar refractivity (Wildman–Crippen MR) is 75.8 cm³/mol. The van der Waals surface area contributed by atoms with Crippen molar-refractivity contribution >= 4 is 23.2 Å². The number of amides is 1. The van der Waals surface area contributed by atoms with Gasteiger partial charge in [0.15, 0.2) is 5.13 Å². The molecule has 7 heteroatoms. The minimum absolute atomic E-state index is 0.186. The largest absolute Gasteiger partial charge is 0.481 e. The number of nitrogens with zero attached hydrogens (tertiary/aromatic N) is 1. The van der Waals surface area contributed by atoms with Crippen molar-refractivity contribution in [1.82, 2.24) is 4.90 Å². The molecule has 0 radical (unpaired) electrons. The van der Waals surface area contributed by atoms with E-state index in [2.05, 4.69) is 0 Å². The molecule has 2 heterocycles. The van der Waals surface area contributed by atoms with Crippen LogP contribution in [0.2, 0.25) is 0 Å². The van der Waals surface area contributed by atoms with E-state index in [1.807, 2.05) is 0 Å². The summed E-state index contributed by atoms with van der Waals surface area (Å²) < 4.78 is 13.0. The van der Waals surface area contributed by atoms with Crippen LogP contribution < -0.4 is 0 Å². The average Bonchev–Trinajstić information content (AvgIpc) is 2.85. The number of likely N-dealkylation sites (tertiary alicyclic amines) is 1. The van der Waals surface area contributed by atoms with E-state index < -0.39 is 22.1 Å². The van der Waals surface area contributed by atoms with Gasteiger partial charge in [-0.25, -0.2) is 0 Å². The third kappa shape index (κ3) is 2.80. The topological polar surface area (TPSA) is 77.8 Å². The van der Waals surface area contributed by atoms with Crippen LogP contribution >= 0.6 is 11.3 Å². The van der Waals surface area contributed by atoms with E-state index in [9.17, 15) is 24.2 Å². The SMILES string of the molecule is CC(C)(C(=O)O)C1(O)CCN(C(=O)c2ccc(F)s2)CC1. The second-order valence-corrected chi connectivity index (χ2v) is 6.89. The number of thiophene rings is 1. The summed E-state index contributed by atoms with van der Waals surface area (Å²) in [5.74, 6) is -1.34. The number of carboxylic acid groups (broad SMARTS) is 1. The zero-order chi connectivity index (χ0) is 15.8. The van der Waals surface area contributed by atoms with E-state index in [1.165, 1.54) is 30.9 Å². The highest BCUT2D eigenvalue weighted by molar-refractivity contribution is 7.12. The van der Waals surface area contributed by atoms with Gasteiger partial charge >= 0.3 is 5.97 Å². The Kier molecular flexibility index (Phi) is 4.08. The Balaban J connectivity index is 2.06. The molecule has 1 amide bonds. The second kappa shape index (κ2) is 5.38. The number of carbonyl (C=O) groups is 2. The number of aliphatic hydroxyl groups is 1. The standard InChI is InChI=1S/C14H18FNO4S/c1-13(2,12(18)19)14(20)5-7-16(8-6-14)11(17)9-3-4-10(15)21-9/h3-4,20H,5-8H2,1-2H3,(H,18,19). The summed E-state index contributed by atoms with van der Waals surface area (Å²) in [5.41, 5.74) is -2.63. The number of carboxylic acids is 1. The van der Waals surface area contributed by atoms with Gasteiger partial charge in [0.1, 0.15) is 0 Å². The Labute approximate surface area is 126 Å². The monoisotopic (exact) mass is 315 g/mol. The molecule has 2 N–H and O–H groups in total. The third-order valence-electron chi connectivity index (χ3n) is 4.36. The summed E-state index contributed by atoms with van der Waals surface area (Å²) in [4.78, 5) is 25.3. The van der Waals surface area contributed by atoms with Crippen LogP contribution in [0.15, 0.2) is 12.1 Å². The van der Waals surface area contributed by atoms with E-state index in [4.69, 9.17) is 0 Å². The highest BCUT2D eigenvalue weighted by Crippen LogP contribution is 2.39. The summed E-state index contributed by atoms with van der Waals surface area (Å²) in [7, 11) is 0. The van der Waals surface area contributed by atoms with E-state index in [0.717, 1.165) is 11.3 Å². The molecule has 0 unspecified atom stereocenters. The quantitative estimate of drug-likeness (QED) is 0.894. The minimum atomic E-state index is -1.35. The Morgan fingerprint density at radius 1 is 1.33 bits per heavy atom. The number of hydrogen-bond donors (Lipinski definition) is 2. The van der Waals surface area contributed by atoms with Crippen LogP contribution in [0.4, 0.5) is 4.39 Å². The molecule has 5 nitrogen and oxygen atoms in total. The fourth-order valence-electron chi connectivity index (χ4n) is 2.49. The first kappa shape index (κ1) is 15.9. The van der Waals surface area contributed by atoms with Gasteiger partial charge in [0.25, 0.3) is 5.91 Å².